The van der Waals surface area contributed by atoms with Crippen molar-refractivity contribution >= 4 is 6.09 Å². The van der Waals surface area contributed by atoms with E-state index < -0.39 is 5.60 Å². The highest BCUT2D eigenvalue weighted by atomic mass is 16.6. The number of nitrogens with one attached hydrogen (secondary N) is 1. The van der Waals surface area contributed by atoms with E-state index in [0.29, 0.717) is 16.7 Å². The molecule has 0 aliphatic heterocycles. The first kappa shape index (κ1) is 18.1. The Balaban J connectivity index is 1.88. The molecule has 0 radical (unpaired) electrons. The van der Waals surface area contributed by atoms with E-state index in [1.807, 2.05) is 20.8 Å². The fraction of sp³-hybridized carbons (Fsp3) is 0.952. The third-order valence-corrected chi connectivity index (χ3v) is 8.03. The minimum absolute atomic E-state index is 0.0961. The molecular weight excluding hydrogens is 298 g/mol. The van der Waals surface area contributed by atoms with E-state index in [9.17, 15) is 4.79 Å². The summed E-state index contributed by atoms with van der Waals surface area (Å²) in [5.41, 5.74) is 0.293. The van der Waals surface area contributed by atoms with Crippen LogP contribution in [0.2, 0.25) is 0 Å². The molecule has 0 aromatic heterocycles. The third-order valence-electron chi connectivity index (χ3n) is 8.03. The van der Waals surface area contributed by atoms with Gasteiger partial charge in [0.1, 0.15) is 5.60 Å². The Bertz CT molecular complexity index is 520. The van der Waals surface area contributed by atoms with Crippen molar-refractivity contribution in [2.75, 3.05) is 0 Å². The monoisotopic (exact) mass is 335 g/mol. The number of ether oxygens (including phenoxy) is 1. The third kappa shape index (κ3) is 2.49. The fourth-order valence-corrected chi connectivity index (χ4v) is 6.91. The number of hydrogen-bond donors (Lipinski definition) is 1. The van der Waals surface area contributed by atoms with Gasteiger partial charge in [0.15, 0.2) is 0 Å². The largest absolute Gasteiger partial charge is 0.444 e. The van der Waals surface area contributed by atoms with Crippen molar-refractivity contribution in [2.45, 2.75) is 98.1 Å². The van der Waals surface area contributed by atoms with Crippen LogP contribution in [0, 0.1) is 28.6 Å². The van der Waals surface area contributed by atoms with Crippen molar-refractivity contribution < 1.29 is 9.53 Å². The van der Waals surface area contributed by atoms with Crippen molar-refractivity contribution in [3.05, 3.63) is 0 Å². The van der Waals surface area contributed by atoms with Crippen LogP contribution < -0.4 is 5.32 Å². The van der Waals surface area contributed by atoms with E-state index in [0.717, 1.165) is 24.7 Å². The lowest BCUT2D eigenvalue weighted by Crippen LogP contribution is -2.58. The molecule has 0 aromatic rings. The van der Waals surface area contributed by atoms with Gasteiger partial charge in [-0.05, 0) is 87.9 Å². The van der Waals surface area contributed by atoms with Crippen LogP contribution in [0.5, 0.6) is 0 Å². The summed E-state index contributed by atoms with van der Waals surface area (Å²) in [6, 6.07) is 0. The van der Waals surface area contributed by atoms with Gasteiger partial charge >= 0.3 is 6.09 Å². The minimum atomic E-state index is -0.439. The second-order valence-electron chi connectivity index (χ2n) is 10.5. The maximum absolute atomic E-state index is 12.6. The Hall–Kier alpha value is -0.730. The van der Waals surface area contributed by atoms with E-state index in [1.165, 1.54) is 25.7 Å². The van der Waals surface area contributed by atoms with Crippen LogP contribution in [0.4, 0.5) is 4.79 Å². The van der Waals surface area contributed by atoms with Crippen LogP contribution in [0.1, 0.15) is 87.0 Å². The molecule has 3 fully saturated rings. The first-order valence-electron chi connectivity index (χ1n) is 9.98. The first-order chi connectivity index (χ1) is 11.0. The Morgan fingerprint density at radius 2 is 1.83 bits per heavy atom. The Morgan fingerprint density at radius 3 is 2.42 bits per heavy atom. The van der Waals surface area contributed by atoms with Crippen molar-refractivity contribution in [1.29, 1.82) is 0 Å². The maximum Gasteiger partial charge on any atom is 0.408 e. The summed E-state index contributed by atoms with van der Waals surface area (Å²) in [7, 11) is 0. The molecule has 3 heteroatoms. The standard InChI is InChI=1S/C21H37NO2/c1-8-21(22-17(23)24-18(3,4)5)12-11-20-13-16(21)19(6,7)15(20)10-9-14(20)2/h14-16H,8-13H2,1-7H3,(H,22,23). The number of fused-ring (bicyclic) bond motifs is 1. The number of amides is 1. The van der Waals surface area contributed by atoms with E-state index in [1.54, 1.807) is 0 Å². The molecule has 1 amide bonds. The molecule has 3 rings (SSSR count). The molecule has 0 aromatic carbocycles. The van der Waals surface area contributed by atoms with Crippen molar-refractivity contribution in [3.8, 4) is 0 Å². The van der Waals surface area contributed by atoms with Crippen LogP contribution in [-0.4, -0.2) is 17.2 Å². The second kappa shape index (κ2) is 5.38. The lowest BCUT2D eigenvalue weighted by atomic mass is 9.61. The van der Waals surface area contributed by atoms with E-state index in [-0.39, 0.29) is 11.6 Å². The van der Waals surface area contributed by atoms with Crippen LogP contribution in [-0.2, 0) is 4.74 Å². The Labute approximate surface area is 148 Å². The molecule has 5 unspecified atom stereocenters. The van der Waals surface area contributed by atoms with Gasteiger partial charge in [0, 0.05) is 5.54 Å². The van der Waals surface area contributed by atoms with Crippen LogP contribution in [0.25, 0.3) is 0 Å². The van der Waals surface area contributed by atoms with Crippen molar-refractivity contribution in [2.24, 2.45) is 28.6 Å². The molecule has 1 spiro atoms. The molecule has 0 saturated heterocycles. The van der Waals surface area contributed by atoms with Crippen molar-refractivity contribution in [3.63, 3.8) is 0 Å². The summed E-state index contributed by atoms with van der Waals surface area (Å²) in [5, 5.41) is 3.36. The van der Waals surface area contributed by atoms with Crippen molar-refractivity contribution in [1.82, 2.24) is 5.32 Å². The predicted octanol–water partition coefficient (Wildman–Crippen LogP) is 5.53. The average Bonchev–Trinajstić information content (AvgIpc) is 2.86. The number of carbonyl (C=O) groups is 1. The van der Waals surface area contributed by atoms with Gasteiger partial charge in [-0.2, -0.15) is 0 Å². The lowest BCUT2D eigenvalue weighted by molar-refractivity contribution is 0.0158. The Morgan fingerprint density at radius 1 is 1.17 bits per heavy atom. The fourth-order valence-electron chi connectivity index (χ4n) is 6.91. The molecule has 138 valence electrons. The van der Waals surface area contributed by atoms with Crippen LogP contribution in [0.15, 0.2) is 0 Å². The molecule has 3 saturated carbocycles. The molecule has 3 aliphatic carbocycles. The molecule has 1 N–H and O–H groups in total. The maximum atomic E-state index is 12.6. The van der Waals surface area contributed by atoms with Gasteiger partial charge in [0.2, 0.25) is 0 Å². The van der Waals surface area contributed by atoms with Gasteiger partial charge in [-0.3, -0.25) is 0 Å². The molecular formula is C21H37NO2. The average molecular weight is 336 g/mol. The molecule has 0 heterocycles. The zero-order chi connectivity index (χ0) is 18.0. The lowest BCUT2D eigenvalue weighted by Gasteiger charge is -2.49. The minimum Gasteiger partial charge on any atom is -0.444 e. The highest BCUT2D eigenvalue weighted by molar-refractivity contribution is 5.69. The van der Waals surface area contributed by atoms with E-state index in [2.05, 4.69) is 33.0 Å². The Kier molecular flexibility index (Phi) is 4.05. The quantitative estimate of drug-likeness (QED) is 0.720. The van der Waals surface area contributed by atoms with Gasteiger partial charge in [0.25, 0.3) is 0 Å². The summed E-state index contributed by atoms with van der Waals surface area (Å²) in [4.78, 5) is 12.6. The smallest absolute Gasteiger partial charge is 0.408 e. The zero-order valence-corrected chi connectivity index (χ0v) is 16.8. The molecule has 2 bridgehead atoms. The number of hydrogen-bond acceptors (Lipinski definition) is 2. The molecule has 3 aliphatic rings. The summed E-state index contributed by atoms with van der Waals surface area (Å²) in [6.07, 6.45) is 7.19. The molecule has 3 nitrogen and oxygen atoms in total. The van der Waals surface area contributed by atoms with Gasteiger partial charge < -0.3 is 10.1 Å². The summed E-state index contributed by atoms with van der Waals surface area (Å²) >= 11 is 0. The van der Waals surface area contributed by atoms with Gasteiger partial charge in [-0.1, -0.05) is 27.7 Å². The van der Waals surface area contributed by atoms with Gasteiger partial charge in [-0.25, -0.2) is 4.79 Å². The number of rotatable bonds is 2. The van der Waals surface area contributed by atoms with Crippen LogP contribution in [0.3, 0.4) is 0 Å². The summed E-state index contributed by atoms with van der Waals surface area (Å²) in [6.45, 7) is 15.5. The summed E-state index contributed by atoms with van der Waals surface area (Å²) < 4.78 is 5.61. The highest BCUT2D eigenvalue weighted by Gasteiger charge is 2.68. The van der Waals surface area contributed by atoms with Crippen LogP contribution >= 0.6 is 0 Å². The van der Waals surface area contributed by atoms with E-state index in [4.69, 9.17) is 4.74 Å². The van der Waals surface area contributed by atoms with Gasteiger partial charge in [-0.15, -0.1) is 0 Å². The highest BCUT2D eigenvalue weighted by Crippen LogP contribution is 2.73. The summed E-state index contributed by atoms with van der Waals surface area (Å²) in [5.74, 6) is 2.21. The molecule has 5 atom stereocenters. The normalized spacial score (nSPS) is 43.4. The molecule has 24 heavy (non-hydrogen) atoms. The topological polar surface area (TPSA) is 38.3 Å². The SMILES string of the molecule is CCC1(NC(=O)OC(C)(C)C)CCC23CC1C(C)(C)C2CCC3C. The first-order valence-corrected chi connectivity index (χ1v) is 9.98. The zero-order valence-electron chi connectivity index (χ0n) is 16.8. The second-order valence-corrected chi connectivity index (χ2v) is 10.5. The van der Waals surface area contributed by atoms with Gasteiger partial charge in [0.05, 0.1) is 0 Å². The predicted molar refractivity (Wildman–Crippen MR) is 97.8 cm³/mol. The van der Waals surface area contributed by atoms with E-state index >= 15 is 0 Å². The number of alkyl carbamates (subject to hydrolysis) is 1. The number of carbonyl (C=O) groups excluding carboxylic acids is 1.